The highest BCUT2D eigenvalue weighted by Gasteiger charge is 2.18. The Morgan fingerprint density at radius 2 is 2.16 bits per heavy atom. The number of piperidine rings is 1. The fourth-order valence-corrected chi connectivity index (χ4v) is 2.31. The van der Waals surface area contributed by atoms with Crippen molar-refractivity contribution >= 4 is 0 Å². The highest BCUT2D eigenvalue weighted by atomic mass is 16.3. The first-order valence-corrected chi connectivity index (χ1v) is 6.52. The van der Waals surface area contributed by atoms with E-state index in [-0.39, 0.29) is 6.10 Å². The number of hydrogen-bond donors (Lipinski definition) is 1. The molecule has 0 radical (unpaired) electrons. The van der Waals surface area contributed by atoms with Crippen LogP contribution in [0.5, 0.6) is 0 Å². The summed E-state index contributed by atoms with van der Waals surface area (Å²) in [6.07, 6.45) is 5.33. The lowest BCUT2D eigenvalue weighted by Gasteiger charge is -2.28. The second-order valence-electron chi connectivity index (χ2n) is 5.01. The summed E-state index contributed by atoms with van der Waals surface area (Å²) in [6.45, 7) is 2.61. The van der Waals surface area contributed by atoms with E-state index in [1.165, 1.54) is 0 Å². The summed E-state index contributed by atoms with van der Waals surface area (Å²) in [5.74, 6) is 0.773. The first-order chi connectivity index (χ1) is 9.20. The van der Waals surface area contributed by atoms with Crippen LogP contribution in [0.15, 0.2) is 18.5 Å². The van der Waals surface area contributed by atoms with Gasteiger partial charge in [-0.2, -0.15) is 5.10 Å². The maximum absolute atomic E-state index is 9.48. The molecule has 19 heavy (non-hydrogen) atoms. The number of nitrogens with zero attached hydrogens (tertiary/aromatic N) is 6. The first-order valence-electron chi connectivity index (χ1n) is 6.52. The minimum atomic E-state index is -0.138. The van der Waals surface area contributed by atoms with Crippen LogP contribution < -0.4 is 0 Å². The summed E-state index contributed by atoms with van der Waals surface area (Å²) in [6, 6.07) is 1.90. The number of aromatic nitrogens is 5. The van der Waals surface area contributed by atoms with Crippen molar-refractivity contribution in [3.63, 3.8) is 0 Å². The molecule has 3 rings (SSSR count). The van der Waals surface area contributed by atoms with Crippen molar-refractivity contribution in [1.29, 1.82) is 0 Å². The minimum Gasteiger partial charge on any atom is -0.393 e. The molecule has 102 valence electrons. The van der Waals surface area contributed by atoms with Crippen LogP contribution in [0.2, 0.25) is 0 Å². The van der Waals surface area contributed by atoms with Gasteiger partial charge in [0.2, 0.25) is 0 Å². The third-order valence-electron chi connectivity index (χ3n) is 3.42. The highest BCUT2D eigenvalue weighted by molar-refractivity contribution is 5.18. The molecule has 7 heteroatoms. The molecule has 0 amide bonds. The van der Waals surface area contributed by atoms with Crippen LogP contribution in [0.3, 0.4) is 0 Å². The molecule has 0 saturated carbocycles. The van der Waals surface area contributed by atoms with Crippen LogP contribution in [-0.2, 0) is 13.6 Å². The molecule has 0 bridgehead atoms. The van der Waals surface area contributed by atoms with Crippen LogP contribution in [0, 0.1) is 0 Å². The van der Waals surface area contributed by atoms with Crippen molar-refractivity contribution < 1.29 is 5.11 Å². The van der Waals surface area contributed by atoms with Gasteiger partial charge < -0.3 is 5.11 Å². The van der Waals surface area contributed by atoms with Crippen molar-refractivity contribution in [2.75, 3.05) is 13.1 Å². The van der Waals surface area contributed by atoms with Gasteiger partial charge in [0, 0.05) is 38.9 Å². The Morgan fingerprint density at radius 3 is 2.84 bits per heavy atom. The van der Waals surface area contributed by atoms with E-state index in [0.717, 1.165) is 44.0 Å². The fraction of sp³-hybridized carbons (Fsp3) is 0.583. The number of aliphatic hydroxyl groups excluding tert-OH is 1. The Morgan fingerprint density at radius 1 is 1.37 bits per heavy atom. The Balaban J connectivity index is 1.65. The molecule has 7 nitrogen and oxygen atoms in total. The topological polar surface area (TPSA) is 72.0 Å². The van der Waals surface area contributed by atoms with Gasteiger partial charge in [-0.05, 0) is 12.8 Å². The van der Waals surface area contributed by atoms with Crippen molar-refractivity contribution in [2.24, 2.45) is 7.05 Å². The van der Waals surface area contributed by atoms with E-state index in [2.05, 4.69) is 20.3 Å². The van der Waals surface area contributed by atoms with Crippen LogP contribution in [0.1, 0.15) is 18.5 Å². The van der Waals surface area contributed by atoms with Crippen LogP contribution in [0.25, 0.3) is 5.82 Å². The maximum atomic E-state index is 9.48. The molecular weight excluding hydrogens is 244 g/mol. The normalized spacial score (nSPS) is 18.0. The summed E-state index contributed by atoms with van der Waals surface area (Å²) < 4.78 is 3.43. The zero-order valence-electron chi connectivity index (χ0n) is 11.0. The van der Waals surface area contributed by atoms with E-state index < -0.39 is 0 Å². The molecule has 0 aliphatic carbocycles. The van der Waals surface area contributed by atoms with Gasteiger partial charge in [-0.15, -0.1) is 5.10 Å². The Kier molecular flexibility index (Phi) is 3.31. The number of likely N-dealkylation sites (tertiary alicyclic amines) is 1. The van der Waals surface area contributed by atoms with Gasteiger partial charge in [-0.1, -0.05) is 5.21 Å². The zero-order valence-corrected chi connectivity index (χ0v) is 11.0. The van der Waals surface area contributed by atoms with E-state index >= 15 is 0 Å². The van der Waals surface area contributed by atoms with Crippen molar-refractivity contribution in [3.05, 3.63) is 24.2 Å². The Bertz CT molecular complexity index is 540. The van der Waals surface area contributed by atoms with Crippen molar-refractivity contribution in [1.82, 2.24) is 29.7 Å². The van der Waals surface area contributed by atoms with E-state index in [1.54, 1.807) is 9.36 Å². The summed E-state index contributed by atoms with van der Waals surface area (Å²) in [7, 11) is 1.88. The predicted octanol–water partition coefficient (Wildman–Crippen LogP) is -0.0425. The van der Waals surface area contributed by atoms with E-state index in [9.17, 15) is 5.11 Å². The van der Waals surface area contributed by atoms with Crippen LogP contribution in [-0.4, -0.2) is 54.0 Å². The molecule has 1 N–H and O–H groups in total. The molecule has 1 fully saturated rings. The quantitative estimate of drug-likeness (QED) is 0.840. The molecule has 0 atom stereocenters. The van der Waals surface area contributed by atoms with Gasteiger partial charge in [0.15, 0.2) is 5.82 Å². The molecule has 1 aliphatic heterocycles. The number of aryl methyl sites for hydroxylation is 1. The van der Waals surface area contributed by atoms with E-state index in [0.29, 0.717) is 0 Å². The zero-order chi connectivity index (χ0) is 13.2. The van der Waals surface area contributed by atoms with Crippen molar-refractivity contribution in [3.8, 4) is 5.82 Å². The summed E-state index contributed by atoms with van der Waals surface area (Å²) in [5.41, 5.74) is 0.932. The molecule has 0 aromatic carbocycles. The molecule has 1 saturated heterocycles. The molecular formula is C12H18N6O. The third-order valence-corrected chi connectivity index (χ3v) is 3.42. The first kappa shape index (κ1) is 12.3. The Labute approximate surface area is 111 Å². The lowest BCUT2D eigenvalue weighted by atomic mass is 10.1. The summed E-state index contributed by atoms with van der Waals surface area (Å²) in [5, 5.41) is 22.0. The minimum absolute atomic E-state index is 0.138. The van der Waals surface area contributed by atoms with E-state index in [1.807, 2.05) is 25.5 Å². The average Bonchev–Trinajstić information content (AvgIpc) is 3.01. The lowest BCUT2D eigenvalue weighted by molar-refractivity contribution is 0.0786. The van der Waals surface area contributed by atoms with Crippen LogP contribution >= 0.6 is 0 Å². The monoisotopic (exact) mass is 262 g/mol. The van der Waals surface area contributed by atoms with Gasteiger partial charge in [0.25, 0.3) is 0 Å². The second kappa shape index (κ2) is 5.10. The van der Waals surface area contributed by atoms with Crippen molar-refractivity contribution in [2.45, 2.75) is 25.5 Å². The summed E-state index contributed by atoms with van der Waals surface area (Å²) >= 11 is 0. The lowest BCUT2D eigenvalue weighted by Crippen LogP contribution is -2.35. The SMILES string of the molecule is Cn1ccc(-n2cc(CN3CCC(O)CC3)nn2)n1. The third kappa shape index (κ3) is 2.82. The predicted molar refractivity (Wildman–Crippen MR) is 68.6 cm³/mol. The van der Waals surface area contributed by atoms with Crippen LogP contribution in [0.4, 0.5) is 0 Å². The van der Waals surface area contributed by atoms with E-state index in [4.69, 9.17) is 0 Å². The average molecular weight is 262 g/mol. The maximum Gasteiger partial charge on any atom is 0.176 e. The molecule has 2 aromatic rings. The molecule has 3 heterocycles. The summed E-state index contributed by atoms with van der Waals surface area (Å²) in [4.78, 5) is 2.29. The smallest absolute Gasteiger partial charge is 0.176 e. The second-order valence-corrected chi connectivity index (χ2v) is 5.01. The van der Waals surface area contributed by atoms with Gasteiger partial charge in [-0.25, -0.2) is 4.68 Å². The number of hydrogen-bond acceptors (Lipinski definition) is 5. The van der Waals surface area contributed by atoms with Gasteiger partial charge >= 0.3 is 0 Å². The Hall–Kier alpha value is -1.73. The molecule has 0 spiro atoms. The number of aliphatic hydroxyl groups is 1. The number of rotatable bonds is 3. The largest absolute Gasteiger partial charge is 0.393 e. The van der Waals surface area contributed by atoms with Gasteiger partial charge in [0.05, 0.1) is 18.0 Å². The molecule has 0 unspecified atom stereocenters. The van der Waals surface area contributed by atoms with Gasteiger partial charge in [0.1, 0.15) is 0 Å². The standard InChI is InChI=1S/C12H18N6O/c1-16-5-4-12(14-16)18-9-10(13-15-18)8-17-6-2-11(19)3-7-17/h4-5,9,11,19H,2-3,6-8H2,1H3. The highest BCUT2D eigenvalue weighted by Crippen LogP contribution is 2.13. The molecule has 1 aliphatic rings. The fourth-order valence-electron chi connectivity index (χ4n) is 2.31. The van der Waals surface area contributed by atoms with Gasteiger partial charge in [-0.3, -0.25) is 9.58 Å². The molecule has 2 aromatic heterocycles.